The average Bonchev–Trinajstić information content (AvgIpc) is 2.28. The highest BCUT2D eigenvalue weighted by atomic mass is 16.6. The first kappa shape index (κ1) is 15.4. The predicted octanol–water partition coefficient (Wildman–Crippen LogP) is 0.202. The highest BCUT2D eigenvalue weighted by Crippen LogP contribution is 2.22. The highest BCUT2D eigenvalue weighted by Gasteiger charge is 2.39. The van der Waals surface area contributed by atoms with E-state index in [0.717, 1.165) is 0 Å². The first-order valence-corrected chi connectivity index (χ1v) is 5.99. The van der Waals surface area contributed by atoms with E-state index < -0.39 is 36.2 Å². The van der Waals surface area contributed by atoms with Gasteiger partial charge in [0.15, 0.2) is 6.10 Å². The maximum Gasteiger partial charge on any atom is 0.303 e. The number of carbonyl (C=O) groups is 3. The highest BCUT2D eigenvalue weighted by molar-refractivity contribution is 5.67. The Morgan fingerprint density at radius 1 is 1.05 bits per heavy atom. The first-order chi connectivity index (χ1) is 8.90. The van der Waals surface area contributed by atoms with Gasteiger partial charge in [0.2, 0.25) is 0 Å². The van der Waals surface area contributed by atoms with Crippen molar-refractivity contribution < 1.29 is 33.3 Å². The van der Waals surface area contributed by atoms with Crippen LogP contribution in [0.4, 0.5) is 0 Å². The van der Waals surface area contributed by atoms with Gasteiger partial charge in [-0.25, -0.2) is 0 Å². The number of ether oxygens (including phenoxy) is 4. The number of hydrogen-bond donors (Lipinski definition) is 0. The molecule has 108 valence electrons. The van der Waals surface area contributed by atoms with E-state index in [0.29, 0.717) is 13.0 Å². The molecule has 0 spiro atoms. The lowest BCUT2D eigenvalue weighted by Gasteiger charge is -2.36. The SMILES string of the molecule is CC(=O)OCC1OCC[C@H](OC(C)=O)C1OC(C)=O. The molecule has 1 aliphatic heterocycles. The Kier molecular flexibility index (Phi) is 5.75. The molecular weight excluding hydrogens is 256 g/mol. The van der Waals surface area contributed by atoms with Gasteiger partial charge in [0, 0.05) is 27.2 Å². The molecule has 7 nitrogen and oxygen atoms in total. The van der Waals surface area contributed by atoms with Crippen LogP contribution < -0.4 is 0 Å². The summed E-state index contributed by atoms with van der Waals surface area (Å²) >= 11 is 0. The quantitative estimate of drug-likeness (QED) is 0.534. The summed E-state index contributed by atoms with van der Waals surface area (Å²) in [4.78, 5) is 32.9. The zero-order valence-electron chi connectivity index (χ0n) is 11.2. The summed E-state index contributed by atoms with van der Waals surface area (Å²) in [5, 5.41) is 0. The molecule has 2 unspecified atom stereocenters. The van der Waals surface area contributed by atoms with Crippen LogP contribution in [0.1, 0.15) is 27.2 Å². The van der Waals surface area contributed by atoms with Crippen LogP contribution in [0, 0.1) is 0 Å². The minimum Gasteiger partial charge on any atom is -0.463 e. The van der Waals surface area contributed by atoms with Gasteiger partial charge in [-0.05, 0) is 0 Å². The Balaban J connectivity index is 2.72. The molecule has 3 atom stereocenters. The molecule has 1 saturated heterocycles. The molecule has 0 aromatic heterocycles. The molecule has 0 bridgehead atoms. The molecule has 19 heavy (non-hydrogen) atoms. The van der Waals surface area contributed by atoms with Gasteiger partial charge in [0.1, 0.15) is 18.8 Å². The predicted molar refractivity (Wildman–Crippen MR) is 62.1 cm³/mol. The second-order valence-corrected chi connectivity index (χ2v) is 4.22. The van der Waals surface area contributed by atoms with Crippen molar-refractivity contribution in [2.75, 3.05) is 13.2 Å². The van der Waals surface area contributed by atoms with Crippen LogP contribution >= 0.6 is 0 Å². The fraction of sp³-hybridized carbons (Fsp3) is 0.750. The Labute approximate surface area is 111 Å². The molecule has 7 heteroatoms. The molecule has 0 saturated carbocycles. The smallest absolute Gasteiger partial charge is 0.303 e. The van der Waals surface area contributed by atoms with E-state index in [1.54, 1.807) is 0 Å². The second-order valence-electron chi connectivity index (χ2n) is 4.22. The standard InChI is InChI=1S/C12H18O7/c1-7(13)17-6-11-12(19-9(3)15)10(4-5-16-11)18-8(2)14/h10-12H,4-6H2,1-3H3/t10-,11?,12?/m0/s1. The van der Waals surface area contributed by atoms with Crippen LogP contribution in [0.15, 0.2) is 0 Å². The molecule has 0 aliphatic carbocycles. The average molecular weight is 274 g/mol. The molecule has 0 radical (unpaired) electrons. The maximum absolute atomic E-state index is 11.1. The van der Waals surface area contributed by atoms with Crippen molar-refractivity contribution in [3.05, 3.63) is 0 Å². The summed E-state index contributed by atoms with van der Waals surface area (Å²) in [6, 6.07) is 0. The second kappa shape index (κ2) is 7.08. The van der Waals surface area contributed by atoms with Crippen LogP contribution in [-0.4, -0.2) is 49.4 Å². The van der Waals surface area contributed by atoms with Crippen molar-refractivity contribution in [3.63, 3.8) is 0 Å². The van der Waals surface area contributed by atoms with Gasteiger partial charge in [0.05, 0.1) is 6.61 Å². The van der Waals surface area contributed by atoms with Crippen LogP contribution in [0.5, 0.6) is 0 Å². The van der Waals surface area contributed by atoms with Crippen LogP contribution in [0.3, 0.4) is 0 Å². The number of hydrogen-bond acceptors (Lipinski definition) is 7. The zero-order chi connectivity index (χ0) is 14.4. The third-order valence-electron chi connectivity index (χ3n) is 2.54. The molecule has 1 rings (SSSR count). The lowest BCUT2D eigenvalue weighted by molar-refractivity contribution is -0.200. The topological polar surface area (TPSA) is 88.1 Å². The van der Waals surface area contributed by atoms with Crippen molar-refractivity contribution in [2.45, 2.75) is 45.5 Å². The third kappa shape index (κ3) is 5.25. The molecule has 0 N–H and O–H groups in total. The fourth-order valence-electron chi connectivity index (χ4n) is 1.86. The largest absolute Gasteiger partial charge is 0.463 e. The summed E-state index contributed by atoms with van der Waals surface area (Å²) in [5.74, 6) is -1.43. The normalized spacial score (nSPS) is 26.4. The fourth-order valence-corrected chi connectivity index (χ4v) is 1.86. The Hall–Kier alpha value is -1.63. The summed E-state index contributed by atoms with van der Waals surface area (Å²) in [5.41, 5.74) is 0. The van der Waals surface area contributed by atoms with Crippen molar-refractivity contribution in [3.8, 4) is 0 Å². The lowest BCUT2D eigenvalue weighted by atomic mass is 10.0. The van der Waals surface area contributed by atoms with Crippen molar-refractivity contribution in [2.24, 2.45) is 0 Å². The van der Waals surface area contributed by atoms with Crippen molar-refractivity contribution in [1.29, 1.82) is 0 Å². The van der Waals surface area contributed by atoms with Gasteiger partial charge in [-0.2, -0.15) is 0 Å². The van der Waals surface area contributed by atoms with E-state index in [1.807, 2.05) is 0 Å². The number of carbonyl (C=O) groups excluding carboxylic acids is 3. The van der Waals surface area contributed by atoms with Gasteiger partial charge in [0.25, 0.3) is 0 Å². The Morgan fingerprint density at radius 2 is 1.68 bits per heavy atom. The molecule has 0 amide bonds. The number of rotatable bonds is 4. The monoisotopic (exact) mass is 274 g/mol. The summed E-state index contributed by atoms with van der Waals surface area (Å²) in [6.07, 6.45) is -1.57. The lowest BCUT2D eigenvalue weighted by Crippen LogP contribution is -2.50. The van der Waals surface area contributed by atoms with Crippen LogP contribution in [-0.2, 0) is 33.3 Å². The Morgan fingerprint density at radius 3 is 2.21 bits per heavy atom. The van der Waals surface area contributed by atoms with E-state index in [-0.39, 0.29) is 6.61 Å². The summed E-state index contributed by atoms with van der Waals surface area (Å²) in [7, 11) is 0. The summed E-state index contributed by atoms with van der Waals surface area (Å²) < 4.78 is 20.5. The maximum atomic E-state index is 11.1. The molecule has 0 aromatic rings. The van der Waals surface area contributed by atoms with Crippen molar-refractivity contribution >= 4 is 17.9 Å². The molecule has 1 heterocycles. The molecule has 1 fully saturated rings. The first-order valence-electron chi connectivity index (χ1n) is 5.99. The Bertz CT molecular complexity index is 352. The molecular formula is C12H18O7. The van der Waals surface area contributed by atoms with Crippen LogP contribution in [0.2, 0.25) is 0 Å². The number of esters is 3. The molecule has 1 aliphatic rings. The van der Waals surface area contributed by atoms with Gasteiger partial charge in [-0.1, -0.05) is 0 Å². The van der Waals surface area contributed by atoms with E-state index >= 15 is 0 Å². The van der Waals surface area contributed by atoms with Gasteiger partial charge < -0.3 is 18.9 Å². The third-order valence-corrected chi connectivity index (χ3v) is 2.54. The minimum atomic E-state index is -0.769. The van der Waals surface area contributed by atoms with Crippen molar-refractivity contribution in [1.82, 2.24) is 0 Å². The van der Waals surface area contributed by atoms with Gasteiger partial charge in [-0.15, -0.1) is 0 Å². The van der Waals surface area contributed by atoms with E-state index in [1.165, 1.54) is 20.8 Å². The minimum absolute atomic E-state index is 0.0506. The summed E-state index contributed by atoms with van der Waals surface area (Å²) in [6.45, 7) is 4.09. The van der Waals surface area contributed by atoms with Gasteiger partial charge in [-0.3, -0.25) is 14.4 Å². The zero-order valence-corrected chi connectivity index (χ0v) is 11.2. The van der Waals surface area contributed by atoms with E-state index in [9.17, 15) is 14.4 Å². The van der Waals surface area contributed by atoms with Gasteiger partial charge >= 0.3 is 17.9 Å². The van der Waals surface area contributed by atoms with E-state index in [4.69, 9.17) is 18.9 Å². The molecule has 0 aromatic carbocycles. The van der Waals surface area contributed by atoms with Crippen LogP contribution in [0.25, 0.3) is 0 Å². The van der Waals surface area contributed by atoms with E-state index in [2.05, 4.69) is 0 Å².